The van der Waals surface area contributed by atoms with Gasteiger partial charge < -0.3 is 15.8 Å². The fourth-order valence-corrected chi connectivity index (χ4v) is 4.68. The zero-order chi connectivity index (χ0) is 25.8. The van der Waals surface area contributed by atoms with Crippen molar-refractivity contribution in [3.8, 4) is 0 Å². The molecular weight excluding hydrogens is 481 g/mol. The number of fused-ring (bicyclic) bond motifs is 8. The molecule has 2 atom stereocenters. The van der Waals surface area contributed by atoms with Crippen LogP contribution < -0.4 is 11.1 Å². The Balaban J connectivity index is 1.33. The van der Waals surface area contributed by atoms with E-state index in [0.717, 1.165) is 34.4 Å². The molecular formula is C26H20F5N3O2. The molecule has 2 heterocycles. The molecule has 5 rings (SSSR count). The Morgan fingerprint density at radius 3 is 2.17 bits per heavy atom. The average molecular weight is 501 g/mol. The van der Waals surface area contributed by atoms with Crippen LogP contribution in [0, 0.1) is 17.0 Å². The molecule has 0 saturated carbocycles. The van der Waals surface area contributed by atoms with E-state index >= 15 is 0 Å². The number of rotatable bonds is 6. The normalized spacial score (nSPS) is 17.6. The first-order valence-corrected chi connectivity index (χ1v) is 11.1. The minimum absolute atomic E-state index is 0.101. The average Bonchev–Trinajstić information content (AvgIpc) is 3.38. The molecule has 0 radical (unpaired) electrons. The van der Waals surface area contributed by atoms with Crippen molar-refractivity contribution in [1.29, 1.82) is 5.41 Å². The van der Waals surface area contributed by atoms with Crippen LogP contribution in [0.25, 0.3) is 0 Å². The lowest BCUT2D eigenvalue weighted by Crippen LogP contribution is -2.24. The topological polar surface area (TPSA) is 88.2 Å². The maximum Gasteiger partial charge on any atom is 0.389 e. The number of nitrogens with one attached hydrogen (secondary N) is 2. The van der Waals surface area contributed by atoms with Crippen LogP contribution in [0.5, 0.6) is 0 Å². The number of ether oxygens (including phenoxy) is 1. The van der Waals surface area contributed by atoms with Gasteiger partial charge in [-0.1, -0.05) is 24.3 Å². The van der Waals surface area contributed by atoms with Gasteiger partial charge in [-0.05, 0) is 58.5 Å². The Morgan fingerprint density at radius 2 is 1.53 bits per heavy atom. The fourth-order valence-electron chi connectivity index (χ4n) is 4.68. The smallest absolute Gasteiger partial charge is 0.384 e. The summed E-state index contributed by atoms with van der Waals surface area (Å²) < 4.78 is 72.5. The van der Waals surface area contributed by atoms with E-state index in [-0.39, 0.29) is 29.2 Å². The van der Waals surface area contributed by atoms with Crippen molar-refractivity contribution in [1.82, 2.24) is 5.32 Å². The highest BCUT2D eigenvalue weighted by Crippen LogP contribution is 2.54. The van der Waals surface area contributed by atoms with Gasteiger partial charge in [0.2, 0.25) is 0 Å². The Hall–Kier alpha value is -3.79. The molecule has 186 valence electrons. The zero-order valence-electron chi connectivity index (χ0n) is 18.7. The quantitative estimate of drug-likeness (QED) is 0.247. The molecule has 2 aliphatic rings. The van der Waals surface area contributed by atoms with Crippen molar-refractivity contribution in [3.05, 3.63) is 105 Å². The van der Waals surface area contributed by atoms with Crippen molar-refractivity contribution in [3.63, 3.8) is 0 Å². The molecule has 0 fully saturated rings. The SMILES string of the molecule is N=C(N)c1cc(F)c(CNC(=O)c2ccc3c(c2)[C@@H]2O[C@H]3c3ccc(CCC(F)(F)F)cc32)c(F)c1. The molecule has 3 aromatic rings. The highest BCUT2D eigenvalue weighted by atomic mass is 19.4. The van der Waals surface area contributed by atoms with E-state index in [1.807, 2.05) is 0 Å². The first-order valence-electron chi connectivity index (χ1n) is 11.1. The van der Waals surface area contributed by atoms with Crippen LogP contribution in [-0.2, 0) is 17.7 Å². The molecule has 5 nitrogen and oxygen atoms in total. The highest BCUT2D eigenvalue weighted by molar-refractivity contribution is 5.95. The summed E-state index contributed by atoms with van der Waals surface area (Å²) in [4.78, 5) is 12.7. The summed E-state index contributed by atoms with van der Waals surface area (Å²) in [5.74, 6) is -2.91. The molecule has 0 saturated heterocycles. The van der Waals surface area contributed by atoms with Gasteiger partial charge in [0, 0.05) is 29.7 Å². The minimum atomic E-state index is -4.25. The predicted molar refractivity (Wildman–Crippen MR) is 121 cm³/mol. The van der Waals surface area contributed by atoms with Crippen LogP contribution in [0.1, 0.15) is 67.9 Å². The number of halogens is 5. The van der Waals surface area contributed by atoms with Gasteiger partial charge in [-0.15, -0.1) is 0 Å². The number of benzene rings is 3. The van der Waals surface area contributed by atoms with Crippen molar-refractivity contribution in [2.75, 3.05) is 0 Å². The first kappa shape index (κ1) is 23.9. The van der Waals surface area contributed by atoms with E-state index in [1.165, 1.54) is 0 Å². The maximum atomic E-state index is 14.3. The van der Waals surface area contributed by atoms with Crippen molar-refractivity contribution >= 4 is 11.7 Å². The second-order valence-corrected chi connectivity index (χ2v) is 8.83. The Bertz CT molecular complexity index is 1380. The van der Waals surface area contributed by atoms with Crippen LogP contribution in [0.4, 0.5) is 22.0 Å². The molecule has 36 heavy (non-hydrogen) atoms. The lowest BCUT2D eigenvalue weighted by Gasteiger charge is -2.18. The van der Waals surface area contributed by atoms with E-state index in [0.29, 0.717) is 5.56 Å². The number of nitrogen functional groups attached to an aromatic ring is 1. The Morgan fingerprint density at radius 1 is 0.917 bits per heavy atom. The third-order valence-corrected chi connectivity index (χ3v) is 6.48. The van der Waals surface area contributed by atoms with Gasteiger partial charge in [-0.25, -0.2) is 8.78 Å². The summed E-state index contributed by atoms with van der Waals surface area (Å²) >= 11 is 0. The van der Waals surface area contributed by atoms with Crippen molar-refractivity contribution < 1.29 is 31.5 Å². The lowest BCUT2D eigenvalue weighted by molar-refractivity contribution is -0.134. The third kappa shape index (κ3) is 4.32. The second kappa shape index (κ2) is 8.70. The predicted octanol–water partition coefficient (Wildman–Crippen LogP) is 5.20. The van der Waals surface area contributed by atoms with E-state index in [4.69, 9.17) is 15.9 Å². The van der Waals surface area contributed by atoms with Crippen molar-refractivity contribution in [2.24, 2.45) is 5.73 Å². The number of nitrogens with two attached hydrogens (primary N) is 1. The number of amides is 1. The van der Waals surface area contributed by atoms with E-state index in [1.54, 1.807) is 36.4 Å². The number of alkyl halides is 3. The molecule has 4 N–H and O–H groups in total. The highest BCUT2D eigenvalue weighted by Gasteiger charge is 2.43. The molecule has 1 amide bonds. The third-order valence-electron chi connectivity index (χ3n) is 6.48. The minimum Gasteiger partial charge on any atom is -0.384 e. The monoisotopic (exact) mass is 501 g/mol. The molecule has 2 aliphatic heterocycles. The van der Waals surface area contributed by atoms with Crippen LogP contribution >= 0.6 is 0 Å². The van der Waals surface area contributed by atoms with E-state index < -0.39 is 48.6 Å². The molecule has 0 spiro atoms. The van der Waals surface area contributed by atoms with E-state index in [2.05, 4.69) is 5.32 Å². The van der Waals surface area contributed by atoms with E-state index in [9.17, 15) is 26.7 Å². The molecule has 3 aromatic carbocycles. The molecule has 2 bridgehead atoms. The summed E-state index contributed by atoms with van der Waals surface area (Å²) in [5.41, 5.74) is 8.87. The molecule has 0 aromatic heterocycles. The van der Waals surface area contributed by atoms with Gasteiger partial charge >= 0.3 is 6.18 Å². The van der Waals surface area contributed by atoms with Gasteiger partial charge in [0.15, 0.2) is 0 Å². The summed E-state index contributed by atoms with van der Waals surface area (Å²) in [7, 11) is 0. The summed E-state index contributed by atoms with van der Waals surface area (Å²) in [6, 6.07) is 12.0. The van der Waals surface area contributed by atoms with Crippen LogP contribution in [0.3, 0.4) is 0 Å². The number of carbonyl (C=O) groups is 1. The van der Waals surface area contributed by atoms with Crippen LogP contribution in [-0.4, -0.2) is 17.9 Å². The zero-order valence-corrected chi connectivity index (χ0v) is 18.7. The fraction of sp³-hybridized carbons (Fsp3) is 0.231. The number of hydrogen-bond acceptors (Lipinski definition) is 3. The Kier molecular flexibility index (Phi) is 5.78. The van der Waals surface area contributed by atoms with Gasteiger partial charge in [0.25, 0.3) is 5.91 Å². The second-order valence-electron chi connectivity index (χ2n) is 8.83. The number of carbonyl (C=O) groups excluding carboxylic acids is 1. The maximum absolute atomic E-state index is 14.3. The lowest BCUT2D eigenvalue weighted by atomic mass is 9.84. The van der Waals surface area contributed by atoms with Gasteiger partial charge in [0.1, 0.15) is 29.7 Å². The Labute approximate surface area is 202 Å². The standard InChI is InChI=1S/C26H20F5N3O2/c27-20-9-14(24(32)33)10-21(28)19(20)11-34-25(35)13-2-4-16-18(8-13)23-17-7-12(5-6-26(29,30)31)1-3-15(17)22(16)36-23/h1-4,7-10,22-23H,5-6,11H2,(H3,32,33)(H,34,35)/t22-,23+/m0/s1. The molecule has 0 unspecified atom stereocenters. The summed E-state index contributed by atoms with van der Waals surface area (Å²) in [6.07, 6.45) is -6.17. The number of aryl methyl sites for hydroxylation is 1. The van der Waals surface area contributed by atoms with Crippen LogP contribution in [0.2, 0.25) is 0 Å². The number of hydrogen-bond donors (Lipinski definition) is 3. The summed E-state index contributed by atoms with van der Waals surface area (Å²) in [5, 5.41) is 9.79. The molecule has 0 aliphatic carbocycles. The first-order chi connectivity index (χ1) is 17.0. The van der Waals surface area contributed by atoms with Crippen molar-refractivity contribution in [2.45, 2.75) is 37.8 Å². The largest absolute Gasteiger partial charge is 0.389 e. The van der Waals surface area contributed by atoms with Crippen LogP contribution in [0.15, 0.2) is 48.5 Å². The van der Waals surface area contributed by atoms with Gasteiger partial charge in [-0.3, -0.25) is 10.2 Å². The number of amidine groups is 1. The molecule has 10 heteroatoms. The van der Waals surface area contributed by atoms with Gasteiger partial charge in [-0.2, -0.15) is 13.2 Å². The summed E-state index contributed by atoms with van der Waals surface area (Å²) in [6.45, 7) is -0.417. The van der Waals surface area contributed by atoms with Gasteiger partial charge in [0.05, 0.1) is 0 Å².